The van der Waals surface area contributed by atoms with Crippen molar-refractivity contribution in [3.63, 3.8) is 0 Å². The Morgan fingerprint density at radius 3 is 2.62 bits per heavy atom. The van der Waals surface area contributed by atoms with Gasteiger partial charge in [0.1, 0.15) is 11.6 Å². The summed E-state index contributed by atoms with van der Waals surface area (Å²) < 4.78 is 5.01. The molecule has 0 aliphatic rings. The average Bonchev–Trinajstić information content (AvgIpc) is 2.03. The summed E-state index contributed by atoms with van der Waals surface area (Å²) in [5.41, 5.74) is 0.915. The molecule has 0 aliphatic carbocycles. The Morgan fingerprint density at radius 2 is 2.08 bits per heavy atom. The van der Waals surface area contributed by atoms with Gasteiger partial charge in [-0.25, -0.2) is 9.97 Å². The van der Waals surface area contributed by atoms with Crippen LogP contribution in [0.25, 0.3) is 0 Å². The number of nitrogens with zero attached hydrogens (tertiary/aromatic N) is 3. The van der Waals surface area contributed by atoms with Crippen LogP contribution in [0.2, 0.25) is 0 Å². The van der Waals surface area contributed by atoms with E-state index in [0.29, 0.717) is 6.61 Å². The molecule has 0 atom stereocenters. The van der Waals surface area contributed by atoms with Crippen molar-refractivity contribution in [2.75, 3.05) is 26.1 Å². The minimum Gasteiger partial charge on any atom is -0.378 e. The molecule has 13 heavy (non-hydrogen) atoms. The van der Waals surface area contributed by atoms with Crippen molar-refractivity contribution in [3.05, 3.63) is 17.6 Å². The molecule has 0 unspecified atom stereocenters. The third-order valence-electron chi connectivity index (χ3n) is 1.63. The van der Waals surface area contributed by atoms with E-state index in [1.807, 2.05) is 32.0 Å². The first-order valence-corrected chi connectivity index (χ1v) is 4.14. The molecular formula is C9H15N3O. The van der Waals surface area contributed by atoms with Gasteiger partial charge in [-0.1, -0.05) is 0 Å². The molecule has 0 amide bonds. The fourth-order valence-corrected chi connectivity index (χ4v) is 1.06. The lowest BCUT2D eigenvalue weighted by atomic mass is 10.4. The summed E-state index contributed by atoms with van der Waals surface area (Å²) >= 11 is 0. The standard InChI is InChI=1S/C9H15N3O/c1-7-10-8(6-13-4)5-9(11-7)12(2)3/h5H,6H2,1-4H3. The van der Waals surface area contributed by atoms with Crippen LogP contribution in [0.3, 0.4) is 0 Å². The number of aromatic nitrogens is 2. The van der Waals surface area contributed by atoms with Crippen molar-refractivity contribution in [1.82, 2.24) is 9.97 Å². The summed E-state index contributed by atoms with van der Waals surface area (Å²) in [5, 5.41) is 0. The quantitative estimate of drug-likeness (QED) is 0.697. The molecule has 1 aromatic heterocycles. The van der Waals surface area contributed by atoms with Crippen molar-refractivity contribution >= 4 is 5.82 Å². The molecule has 0 radical (unpaired) electrons. The lowest BCUT2D eigenvalue weighted by Crippen LogP contribution is -2.12. The molecule has 0 aliphatic heterocycles. The first kappa shape index (κ1) is 9.92. The van der Waals surface area contributed by atoms with Gasteiger partial charge < -0.3 is 9.64 Å². The number of hydrogen-bond acceptors (Lipinski definition) is 4. The molecule has 1 heterocycles. The highest BCUT2D eigenvalue weighted by molar-refractivity contribution is 5.37. The second-order valence-corrected chi connectivity index (χ2v) is 3.09. The lowest BCUT2D eigenvalue weighted by Gasteiger charge is -2.12. The molecule has 1 rings (SSSR count). The van der Waals surface area contributed by atoms with Gasteiger partial charge in [0.25, 0.3) is 0 Å². The Bertz CT molecular complexity index is 286. The minimum absolute atomic E-state index is 0.532. The Labute approximate surface area is 78.6 Å². The van der Waals surface area contributed by atoms with Crippen LogP contribution in [0.1, 0.15) is 11.5 Å². The maximum absolute atomic E-state index is 5.01. The number of rotatable bonds is 3. The van der Waals surface area contributed by atoms with Gasteiger partial charge in [-0.3, -0.25) is 0 Å². The number of methoxy groups -OCH3 is 1. The third kappa shape index (κ3) is 2.66. The summed E-state index contributed by atoms with van der Waals surface area (Å²) in [4.78, 5) is 10.5. The Balaban J connectivity index is 2.96. The van der Waals surface area contributed by atoms with Crippen LogP contribution in [0.4, 0.5) is 5.82 Å². The van der Waals surface area contributed by atoms with E-state index >= 15 is 0 Å². The molecule has 0 aromatic carbocycles. The van der Waals surface area contributed by atoms with Crippen LogP contribution in [0.5, 0.6) is 0 Å². The Kier molecular flexibility index (Phi) is 3.19. The summed E-state index contributed by atoms with van der Waals surface area (Å²) in [7, 11) is 5.57. The Hall–Kier alpha value is -1.16. The van der Waals surface area contributed by atoms with Gasteiger partial charge in [0.05, 0.1) is 12.3 Å². The molecule has 1 aromatic rings. The van der Waals surface area contributed by atoms with Crippen LogP contribution >= 0.6 is 0 Å². The molecule has 4 nitrogen and oxygen atoms in total. The summed E-state index contributed by atoms with van der Waals surface area (Å²) in [6, 6.07) is 1.93. The van der Waals surface area contributed by atoms with Gasteiger partial charge in [0, 0.05) is 27.3 Å². The van der Waals surface area contributed by atoms with Gasteiger partial charge in [0.15, 0.2) is 0 Å². The highest BCUT2D eigenvalue weighted by Gasteiger charge is 2.02. The second-order valence-electron chi connectivity index (χ2n) is 3.09. The van der Waals surface area contributed by atoms with E-state index in [4.69, 9.17) is 4.74 Å². The second kappa shape index (κ2) is 4.18. The van der Waals surface area contributed by atoms with Crippen molar-refractivity contribution in [2.45, 2.75) is 13.5 Å². The van der Waals surface area contributed by atoms with Crippen molar-refractivity contribution in [2.24, 2.45) is 0 Å². The van der Waals surface area contributed by atoms with Crippen molar-refractivity contribution in [1.29, 1.82) is 0 Å². The average molecular weight is 181 g/mol. The SMILES string of the molecule is COCc1cc(N(C)C)nc(C)n1. The van der Waals surface area contributed by atoms with Gasteiger partial charge in [-0.05, 0) is 6.92 Å². The van der Waals surface area contributed by atoms with Gasteiger partial charge in [0.2, 0.25) is 0 Å². The largest absolute Gasteiger partial charge is 0.378 e. The minimum atomic E-state index is 0.532. The number of anilines is 1. The first-order chi connectivity index (χ1) is 6.13. The zero-order valence-electron chi connectivity index (χ0n) is 8.53. The topological polar surface area (TPSA) is 38.2 Å². The van der Waals surface area contributed by atoms with Crippen molar-refractivity contribution in [3.8, 4) is 0 Å². The molecule has 0 fully saturated rings. The van der Waals surface area contributed by atoms with Crippen LogP contribution in [-0.4, -0.2) is 31.2 Å². The maximum atomic E-state index is 5.01. The highest BCUT2D eigenvalue weighted by Crippen LogP contribution is 2.09. The fourth-order valence-electron chi connectivity index (χ4n) is 1.06. The maximum Gasteiger partial charge on any atom is 0.132 e. The van der Waals surface area contributed by atoms with Crippen LogP contribution in [-0.2, 0) is 11.3 Å². The molecule has 0 bridgehead atoms. The summed E-state index contributed by atoms with van der Waals surface area (Å²) in [6.45, 7) is 2.41. The zero-order chi connectivity index (χ0) is 9.84. The zero-order valence-corrected chi connectivity index (χ0v) is 8.53. The third-order valence-corrected chi connectivity index (χ3v) is 1.63. The van der Waals surface area contributed by atoms with E-state index < -0.39 is 0 Å². The highest BCUT2D eigenvalue weighted by atomic mass is 16.5. The predicted molar refractivity (Wildman–Crippen MR) is 51.8 cm³/mol. The molecule has 0 N–H and O–H groups in total. The van der Waals surface area contributed by atoms with E-state index in [9.17, 15) is 0 Å². The number of aryl methyl sites for hydroxylation is 1. The smallest absolute Gasteiger partial charge is 0.132 e. The summed E-state index contributed by atoms with van der Waals surface area (Å²) in [5.74, 6) is 1.69. The molecular weight excluding hydrogens is 166 g/mol. The van der Waals surface area contributed by atoms with Crippen LogP contribution in [0.15, 0.2) is 6.07 Å². The first-order valence-electron chi connectivity index (χ1n) is 4.14. The monoisotopic (exact) mass is 181 g/mol. The molecule has 72 valence electrons. The molecule has 4 heteroatoms. The number of hydrogen-bond donors (Lipinski definition) is 0. The van der Waals surface area contributed by atoms with E-state index in [0.717, 1.165) is 17.3 Å². The molecule has 0 saturated carbocycles. The normalized spacial score (nSPS) is 10.2. The van der Waals surface area contributed by atoms with E-state index in [-0.39, 0.29) is 0 Å². The van der Waals surface area contributed by atoms with E-state index in [1.165, 1.54) is 0 Å². The lowest BCUT2D eigenvalue weighted by molar-refractivity contribution is 0.181. The van der Waals surface area contributed by atoms with Gasteiger partial charge >= 0.3 is 0 Å². The Morgan fingerprint density at radius 1 is 1.38 bits per heavy atom. The molecule has 0 spiro atoms. The van der Waals surface area contributed by atoms with Crippen LogP contribution in [0, 0.1) is 6.92 Å². The summed E-state index contributed by atoms with van der Waals surface area (Å²) in [6.07, 6.45) is 0. The molecule has 0 saturated heterocycles. The van der Waals surface area contributed by atoms with Crippen molar-refractivity contribution < 1.29 is 4.74 Å². The van der Waals surface area contributed by atoms with E-state index in [1.54, 1.807) is 7.11 Å². The van der Waals surface area contributed by atoms with Gasteiger partial charge in [-0.15, -0.1) is 0 Å². The number of ether oxygens (including phenoxy) is 1. The predicted octanol–water partition coefficient (Wildman–Crippen LogP) is 0.997. The van der Waals surface area contributed by atoms with Gasteiger partial charge in [-0.2, -0.15) is 0 Å². The van der Waals surface area contributed by atoms with E-state index in [2.05, 4.69) is 9.97 Å². The fraction of sp³-hybridized carbons (Fsp3) is 0.556. The van der Waals surface area contributed by atoms with Crippen LogP contribution < -0.4 is 4.90 Å².